The molecule has 1 N–H and O–H groups in total. The van der Waals surface area contributed by atoms with E-state index in [0.717, 1.165) is 5.56 Å². The second-order valence-corrected chi connectivity index (χ2v) is 7.09. The summed E-state index contributed by atoms with van der Waals surface area (Å²) in [6.07, 6.45) is -2.87. The number of pyridine rings is 1. The molecule has 0 aliphatic heterocycles. The first-order valence-corrected chi connectivity index (χ1v) is 9.50. The average Bonchev–Trinajstić information content (AvgIpc) is 2.74. The van der Waals surface area contributed by atoms with E-state index in [1.54, 1.807) is 37.4 Å². The van der Waals surface area contributed by atoms with Crippen molar-refractivity contribution in [2.24, 2.45) is 0 Å². The summed E-state index contributed by atoms with van der Waals surface area (Å²) >= 11 is 5.37. The first-order chi connectivity index (χ1) is 14.4. The number of nitrogens with zero attached hydrogens (tertiary/aromatic N) is 2. The van der Waals surface area contributed by atoms with Gasteiger partial charge in [-0.1, -0.05) is 18.2 Å². The van der Waals surface area contributed by atoms with Crippen LogP contribution < -0.4 is 10.3 Å². The lowest BCUT2D eigenvalue weighted by atomic mass is 10.1. The molecule has 0 spiro atoms. The van der Waals surface area contributed by atoms with Crippen LogP contribution in [0.25, 0.3) is 28.0 Å². The third kappa shape index (κ3) is 3.39. The van der Waals surface area contributed by atoms with Gasteiger partial charge in [0.15, 0.2) is 10.4 Å². The Bertz CT molecular complexity index is 1360. The molecule has 4 aromatic rings. The summed E-state index contributed by atoms with van der Waals surface area (Å²) in [6, 6.07) is 15.5. The molecule has 4 rings (SSSR count). The van der Waals surface area contributed by atoms with Crippen molar-refractivity contribution in [3.8, 4) is 22.7 Å². The smallest absolute Gasteiger partial charge is 0.264 e. The van der Waals surface area contributed by atoms with Crippen LogP contribution in [0, 0.1) is 11.7 Å². The maximum Gasteiger partial charge on any atom is 0.264 e. The van der Waals surface area contributed by atoms with Crippen LogP contribution in [0.2, 0.25) is 0 Å². The summed E-state index contributed by atoms with van der Waals surface area (Å²) in [7, 11) is 1.54. The molecule has 0 radical (unpaired) electrons. The Hall–Kier alpha value is -3.39. The Kier molecular flexibility index (Phi) is 5.17. The number of hydrogen-bond donors (Lipinski definition) is 1. The standard InChI is InChI=1S/C22H17F2N3O2S/c1-12-5-3-4-6-17(12)27-20-18(21(28)26-22(27)30)15(19(23)24)11-16(25-20)13-7-9-14(29-2)10-8-13/h3-11,19H,1-2H3,(H,26,28,30). The van der Waals surface area contributed by atoms with Crippen LogP contribution in [0.1, 0.15) is 17.6 Å². The second-order valence-electron chi connectivity index (χ2n) is 6.71. The number of aryl methyl sites for hydroxylation is 1. The van der Waals surface area contributed by atoms with E-state index in [2.05, 4.69) is 9.97 Å². The molecule has 0 saturated heterocycles. The van der Waals surface area contributed by atoms with Gasteiger partial charge in [-0.3, -0.25) is 14.3 Å². The van der Waals surface area contributed by atoms with E-state index in [0.29, 0.717) is 22.7 Å². The third-order valence-electron chi connectivity index (χ3n) is 4.87. The van der Waals surface area contributed by atoms with Crippen molar-refractivity contribution in [2.75, 3.05) is 7.11 Å². The Morgan fingerprint density at radius 2 is 1.83 bits per heavy atom. The Morgan fingerprint density at radius 3 is 2.47 bits per heavy atom. The largest absolute Gasteiger partial charge is 0.497 e. The van der Waals surface area contributed by atoms with Crippen molar-refractivity contribution < 1.29 is 13.5 Å². The van der Waals surface area contributed by atoms with Gasteiger partial charge in [0.25, 0.3) is 12.0 Å². The molecule has 8 heteroatoms. The van der Waals surface area contributed by atoms with Crippen molar-refractivity contribution in [3.05, 3.63) is 80.8 Å². The lowest BCUT2D eigenvalue weighted by Gasteiger charge is -2.16. The van der Waals surface area contributed by atoms with E-state index in [4.69, 9.17) is 17.0 Å². The normalized spacial score (nSPS) is 11.2. The quantitative estimate of drug-likeness (QED) is 0.447. The number of hydrogen-bond acceptors (Lipinski definition) is 4. The molecule has 30 heavy (non-hydrogen) atoms. The number of nitrogens with one attached hydrogen (secondary N) is 1. The number of methoxy groups -OCH3 is 1. The van der Waals surface area contributed by atoms with E-state index >= 15 is 0 Å². The number of benzene rings is 2. The molecule has 0 saturated carbocycles. The molecular weight excluding hydrogens is 408 g/mol. The fourth-order valence-electron chi connectivity index (χ4n) is 3.38. The van der Waals surface area contributed by atoms with Crippen molar-refractivity contribution in [1.82, 2.24) is 14.5 Å². The first-order valence-electron chi connectivity index (χ1n) is 9.09. The monoisotopic (exact) mass is 425 g/mol. The third-order valence-corrected chi connectivity index (χ3v) is 5.16. The van der Waals surface area contributed by atoms with E-state index < -0.39 is 17.5 Å². The highest BCUT2D eigenvalue weighted by molar-refractivity contribution is 7.71. The zero-order valence-electron chi connectivity index (χ0n) is 16.1. The number of halogens is 2. The van der Waals surface area contributed by atoms with Crippen molar-refractivity contribution in [3.63, 3.8) is 0 Å². The number of alkyl halides is 2. The maximum absolute atomic E-state index is 14.0. The van der Waals surface area contributed by atoms with E-state index in [1.165, 1.54) is 10.6 Å². The summed E-state index contributed by atoms with van der Waals surface area (Å²) in [5.41, 5.74) is 1.43. The Morgan fingerprint density at radius 1 is 1.13 bits per heavy atom. The maximum atomic E-state index is 14.0. The van der Waals surface area contributed by atoms with E-state index in [1.807, 2.05) is 25.1 Å². The number of aromatic nitrogens is 3. The molecule has 0 amide bonds. The SMILES string of the molecule is COc1ccc(-c2cc(C(F)F)c3c(=O)[nH]c(=S)n(-c4ccccc4C)c3n2)cc1. The van der Waals surface area contributed by atoms with Crippen LogP contribution in [0.3, 0.4) is 0 Å². The molecule has 2 aromatic heterocycles. The molecule has 0 fully saturated rings. The fraction of sp³-hybridized carbons (Fsp3) is 0.136. The van der Waals surface area contributed by atoms with Crippen LogP contribution in [-0.2, 0) is 0 Å². The first kappa shape index (κ1) is 19.9. The minimum atomic E-state index is -2.87. The molecule has 0 unspecified atom stereocenters. The number of aromatic amines is 1. The molecule has 152 valence electrons. The zero-order chi connectivity index (χ0) is 21.4. The highest BCUT2D eigenvalue weighted by Gasteiger charge is 2.21. The summed E-state index contributed by atoms with van der Waals surface area (Å²) in [5, 5.41) is -0.181. The molecule has 5 nitrogen and oxygen atoms in total. The zero-order valence-corrected chi connectivity index (χ0v) is 17.0. The van der Waals surface area contributed by atoms with Crippen LogP contribution in [0.5, 0.6) is 5.75 Å². The number of para-hydroxylation sites is 1. The predicted molar refractivity (Wildman–Crippen MR) is 114 cm³/mol. The number of fused-ring (bicyclic) bond motifs is 1. The van der Waals surface area contributed by atoms with Gasteiger partial charge in [0.05, 0.1) is 23.9 Å². The average molecular weight is 425 g/mol. The lowest BCUT2D eigenvalue weighted by molar-refractivity contribution is 0.153. The number of H-pyrrole nitrogens is 1. The minimum Gasteiger partial charge on any atom is -0.497 e. The highest BCUT2D eigenvalue weighted by atomic mass is 32.1. The van der Waals surface area contributed by atoms with Crippen LogP contribution in [-0.4, -0.2) is 21.6 Å². The van der Waals surface area contributed by atoms with Gasteiger partial charge in [0.1, 0.15) is 5.75 Å². The summed E-state index contributed by atoms with van der Waals surface area (Å²) in [6.45, 7) is 1.87. The van der Waals surface area contributed by atoms with Gasteiger partial charge in [-0.15, -0.1) is 0 Å². The van der Waals surface area contributed by atoms with E-state index in [-0.39, 0.29) is 15.8 Å². The van der Waals surface area contributed by atoms with Gasteiger partial charge >= 0.3 is 0 Å². The van der Waals surface area contributed by atoms with Gasteiger partial charge in [-0.25, -0.2) is 13.8 Å². The van der Waals surface area contributed by atoms with Crippen molar-refractivity contribution in [1.29, 1.82) is 0 Å². The molecule has 0 bridgehead atoms. The lowest BCUT2D eigenvalue weighted by Crippen LogP contribution is -2.17. The highest BCUT2D eigenvalue weighted by Crippen LogP contribution is 2.31. The second kappa shape index (κ2) is 7.79. The van der Waals surface area contributed by atoms with Gasteiger partial charge in [-0.2, -0.15) is 0 Å². The molecule has 0 aliphatic carbocycles. The van der Waals surface area contributed by atoms with Crippen LogP contribution in [0.4, 0.5) is 8.78 Å². The molecule has 2 heterocycles. The van der Waals surface area contributed by atoms with E-state index in [9.17, 15) is 13.6 Å². The summed E-state index contributed by atoms with van der Waals surface area (Å²) in [5.74, 6) is 0.632. The van der Waals surface area contributed by atoms with Crippen molar-refractivity contribution >= 4 is 23.3 Å². The van der Waals surface area contributed by atoms with Gasteiger partial charge in [0.2, 0.25) is 0 Å². The predicted octanol–water partition coefficient (Wildman–Crippen LogP) is 5.36. The molecule has 2 aromatic carbocycles. The van der Waals surface area contributed by atoms with Crippen LogP contribution in [0.15, 0.2) is 59.4 Å². The number of rotatable bonds is 4. The van der Waals surface area contributed by atoms with Crippen LogP contribution >= 0.6 is 12.2 Å². The Balaban J connectivity index is 2.13. The molecule has 0 atom stereocenters. The fourth-order valence-corrected chi connectivity index (χ4v) is 3.65. The Labute approximate surface area is 175 Å². The minimum absolute atomic E-state index is 0.0846. The summed E-state index contributed by atoms with van der Waals surface area (Å²) < 4.78 is 34.7. The number of ether oxygens (including phenoxy) is 1. The summed E-state index contributed by atoms with van der Waals surface area (Å²) in [4.78, 5) is 19.7. The van der Waals surface area contributed by atoms with Gasteiger partial charge < -0.3 is 4.74 Å². The topological polar surface area (TPSA) is 59.9 Å². The van der Waals surface area contributed by atoms with Gasteiger partial charge in [-0.05, 0) is 61.1 Å². The molecule has 0 aliphatic rings. The van der Waals surface area contributed by atoms with Gasteiger partial charge in [0, 0.05) is 11.1 Å². The molecular formula is C22H17F2N3O2S. The van der Waals surface area contributed by atoms with Crippen molar-refractivity contribution in [2.45, 2.75) is 13.3 Å².